The zero-order chi connectivity index (χ0) is 20.0. The molecular weight excluding hydrogens is 356 g/mol. The van der Waals surface area contributed by atoms with Crippen molar-refractivity contribution in [3.05, 3.63) is 78.1 Å². The van der Waals surface area contributed by atoms with Gasteiger partial charge in [-0.3, -0.25) is 4.98 Å². The van der Waals surface area contributed by atoms with E-state index in [0.717, 1.165) is 39.7 Å². The summed E-state index contributed by atoms with van der Waals surface area (Å²) < 4.78 is 6.16. The molecule has 3 heteroatoms. The number of hydrogen-bond acceptors (Lipinski definition) is 3. The Morgan fingerprint density at radius 1 is 1.07 bits per heavy atom. The van der Waals surface area contributed by atoms with Crippen LogP contribution in [-0.2, 0) is 0 Å². The summed E-state index contributed by atoms with van der Waals surface area (Å²) in [7, 11) is 0. The van der Waals surface area contributed by atoms with Crippen LogP contribution in [0.25, 0.3) is 38.9 Å². The molecule has 0 spiro atoms. The summed E-state index contributed by atoms with van der Waals surface area (Å²) >= 11 is 0. The summed E-state index contributed by atoms with van der Waals surface area (Å²) in [5, 5.41) is 2.12. The third-order valence-electron chi connectivity index (χ3n) is 5.86. The molecule has 0 N–H and O–H groups in total. The van der Waals surface area contributed by atoms with Crippen LogP contribution in [0.4, 0.5) is 0 Å². The third-order valence-corrected chi connectivity index (χ3v) is 5.86. The Labute approximate surface area is 170 Å². The highest BCUT2D eigenvalue weighted by atomic mass is 16.3. The summed E-state index contributed by atoms with van der Waals surface area (Å²) in [4.78, 5) is 9.21. The maximum atomic E-state index is 6.16. The molecule has 4 aromatic rings. The lowest BCUT2D eigenvalue weighted by Gasteiger charge is -2.19. The summed E-state index contributed by atoms with van der Waals surface area (Å²) in [5.41, 5.74) is 6.85. The number of furan rings is 1. The van der Waals surface area contributed by atoms with E-state index in [1.165, 1.54) is 11.1 Å². The number of fused-ring (bicyclic) bond motifs is 3. The van der Waals surface area contributed by atoms with Crippen molar-refractivity contribution in [3.63, 3.8) is 0 Å². The molecule has 0 radical (unpaired) electrons. The minimum atomic E-state index is 0.625. The van der Waals surface area contributed by atoms with Crippen molar-refractivity contribution >= 4 is 27.6 Å². The second-order valence-electron chi connectivity index (χ2n) is 8.18. The Hall–Kier alpha value is -3.20. The van der Waals surface area contributed by atoms with Gasteiger partial charge < -0.3 is 4.42 Å². The van der Waals surface area contributed by atoms with Crippen molar-refractivity contribution in [1.82, 2.24) is 9.97 Å². The lowest BCUT2D eigenvalue weighted by atomic mass is 9.86. The molecule has 3 heterocycles. The van der Waals surface area contributed by atoms with E-state index in [2.05, 4.69) is 78.4 Å². The van der Waals surface area contributed by atoms with Gasteiger partial charge in [-0.05, 0) is 66.6 Å². The summed E-state index contributed by atoms with van der Waals surface area (Å²) in [5.74, 6) is 1.29. The quantitative estimate of drug-likeness (QED) is 0.385. The highest BCUT2D eigenvalue weighted by Gasteiger charge is 2.16. The first-order valence-electron chi connectivity index (χ1n) is 10.2. The van der Waals surface area contributed by atoms with Crippen LogP contribution in [0.1, 0.15) is 31.5 Å². The molecule has 0 saturated carbocycles. The molecule has 1 atom stereocenters. The molecular formula is C26H24N2O. The Morgan fingerprint density at radius 3 is 2.76 bits per heavy atom. The lowest BCUT2D eigenvalue weighted by molar-refractivity contribution is 0.468. The lowest BCUT2D eigenvalue weighted by Crippen LogP contribution is -2.07. The number of nitrogens with zero attached hydrogens (tertiary/aromatic N) is 2. The van der Waals surface area contributed by atoms with E-state index in [1.54, 1.807) is 0 Å². The molecule has 1 aliphatic rings. The molecule has 5 rings (SSSR count). The van der Waals surface area contributed by atoms with E-state index in [4.69, 9.17) is 4.42 Å². The Morgan fingerprint density at radius 2 is 1.97 bits per heavy atom. The molecule has 1 aliphatic carbocycles. The zero-order valence-corrected chi connectivity index (χ0v) is 17.0. The molecule has 0 aliphatic heterocycles. The minimum Gasteiger partial charge on any atom is -0.437 e. The van der Waals surface area contributed by atoms with E-state index in [0.29, 0.717) is 17.5 Å². The number of rotatable bonds is 3. The standard InChI is InChI=1S/C26H24N2O/c1-16(2)18-8-10-19(11-9-18)20-13-14-27-24(15-20)23-6-4-5-21-22-12-7-17(3)28-26(22)29-25(21)23/h4-8,10-16,18H,9H2,1-3H3. The molecule has 29 heavy (non-hydrogen) atoms. The fourth-order valence-electron chi connectivity index (χ4n) is 4.08. The van der Waals surface area contributed by atoms with Crippen LogP contribution < -0.4 is 0 Å². The van der Waals surface area contributed by atoms with Crippen LogP contribution >= 0.6 is 0 Å². The summed E-state index contributed by atoms with van der Waals surface area (Å²) in [6, 6.07) is 14.6. The average Bonchev–Trinajstić information content (AvgIpc) is 3.11. The molecule has 0 fully saturated rings. The van der Waals surface area contributed by atoms with Crippen LogP contribution in [0.2, 0.25) is 0 Å². The van der Waals surface area contributed by atoms with Crippen molar-refractivity contribution in [3.8, 4) is 11.3 Å². The molecule has 1 unspecified atom stereocenters. The van der Waals surface area contributed by atoms with Crippen LogP contribution in [0, 0.1) is 18.8 Å². The first-order chi connectivity index (χ1) is 14.1. The van der Waals surface area contributed by atoms with E-state index >= 15 is 0 Å². The molecule has 1 aromatic carbocycles. The van der Waals surface area contributed by atoms with Gasteiger partial charge in [-0.2, -0.15) is 0 Å². The number of pyridine rings is 2. The van der Waals surface area contributed by atoms with Gasteiger partial charge in [0, 0.05) is 28.2 Å². The topological polar surface area (TPSA) is 38.9 Å². The molecule has 3 nitrogen and oxygen atoms in total. The van der Waals surface area contributed by atoms with E-state index in [-0.39, 0.29) is 0 Å². The SMILES string of the molecule is Cc1ccc2c(n1)oc1c(-c3cc(C4=CCC(C(C)C)C=C4)ccn3)cccc12. The zero-order valence-electron chi connectivity index (χ0n) is 17.0. The van der Waals surface area contributed by atoms with Crippen molar-refractivity contribution in [2.75, 3.05) is 0 Å². The van der Waals surface area contributed by atoms with Gasteiger partial charge in [0.15, 0.2) is 0 Å². The number of para-hydroxylation sites is 1. The van der Waals surface area contributed by atoms with Gasteiger partial charge in [-0.1, -0.05) is 44.2 Å². The maximum Gasteiger partial charge on any atom is 0.227 e. The van der Waals surface area contributed by atoms with Crippen LogP contribution in [0.3, 0.4) is 0 Å². The highest BCUT2D eigenvalue weighted by molar-refractivity contribution is 6.08. The van der Waals surface area contributed by atoms with Gasteiger partial charge >= 0.3 is 0 Å². The smallest absolute Gasteiger partial charge is 0.227 e. The number of benzene rings is 1. The second kappa shape index (κ2) is 7.00. The largest absolute Gasteiger partial charge is 0.437 e. The van der Waals surface area contributed by atoms with E-state index < -0.39 is 0 Å². The first-order valence-corrected chi connectivity index (χ1v) is 10.2. The molecule has 0 amide bonds. The number of aromatic nitrogens is 2. The van der Waals surface area contributed by atoms with E-state index in [1.807, 2.05) is 19.2 Å². The monoisotopic (exact) mass is 380 g/mol. The molecule has 144 valence electrons. The van der Waals surface area contributed by atoms with Crippen molar-refractivity contribution in [1.29, 1.82) is 0 Å². The molecule has 0 bridgehead atoms. The normalized spacial score (nSPS) is 16.7. The van der Waals surface area contributed by atoms with Gasteiger partial charge in [0.2, 0.25) is 5.71 Å². The maximum absolute atomic E-state index is 6.16. The first kappa shape index (κ1) is 17.9. The van der Waals surface area contributed by atoms with Crippen LogP contribution in [0.15, 0.2) is 71.3 Å². The van der Waals surface area contributed by atoms with Gasteiger partial charge in [0.05, 0.1) is 5.69 Å². The second-order valence-corrected chi connectivity index (χ2v) is 8.18. The molecule has 3 aromatic heterocycles. The van der Waals surface area contributed by atoms with Crippen LogP contribution in [0.5, 0.6) is 0 Å². The highest BCUT2D eigenvalue weighted by Crippen LogP contribution is 2.36. The minimum absolute atomic E-state index is 0.625. The fraction of sp³-hybridized carbons (Fsp3) is 0.231. The number of aryl methyl sites for hydroxylation is 1. The van der Waals surface area contributed by atoms with Crippen LogP contribution in [-0.4, -0.2) is 9.97 Å². The number of hydrogen-bond donors (Lipinski definition) is 0. The summed E-state index contributed by atoms with van der Waals surface area (Å²) in [6.07, 6.45) is 9.91. The predicted octanol–water partition coefficient (Wildman–Crippen LogP) is 6.97. The molecule has 0 saturated heterocycles. The number of allylic oxidation sites excluding steroid dienone is 4. The van der Waals surface area contributed by atoms with Crippen molar-refractivity contribution < 1.29 is 4.42 Å². The van der Waals surface area contributed by atoms with Gasteiger partial charge in [0.1, 0.15) is 5.58 Å². The Kier molecular flexibility index (Phi) is 4.31. The van der Waals surface area contributed by atoms with Crippen molar-refractivity contribution in [2.24, 2.45) is 11.8 Å². The Balaban J connectivity index is 1.59. The summed E-state index contributed by atoms with van der Waals surface area (Å²) in [6.45, 7) is 6.54. The van der Waals surface area contributed by atoms with Gasteiger partial charge in [-0.25, -0.2) is 4.98 Å². The Bertz CT molecular complexity index is 1280. The average molecular weight is 380 g/mol. The van der Waals surface area contributed by atoms with Gasteiger partial charge in [0.25, 0.3) is 0 Å². The van der Waals surface area contributed by atoms with Gasteiger partial charge in [-0.15, -0.1) is 0 Å². The predicted molar refractivity (Wildman–Crippen MR) is 120 cm³/mol. The van der Waals surface area contributed by atoms with E-state index in [9.17, 15) is 0 Å². The fourth-order valence-corrected chi connectivity index (χ4v) is 4.08. The third kappa shape index (κ3) is 3.17. The van der Waals surface area contributed by atoms with Crippen molar-refractivity contribution in [2.45, 2.75) is 27.2 Å².